The van der Waals surface area contributed by atoms with Gasteiger partial charge >= 0.3 is 0 Å². The first-order chi connectivity index (χ1) is 14.0. The first-order valence-corrected chi connectivity index (χ1v) is 10.4. The molecule has 0 aliphatic carbocycles. The van der Waals surface area contributed by atoms with Gasteiger partial charge in [-0.15, -0.1) is 0 Å². The number of carbonyl (C=O) groups is 2. The quantitative estimate of drug-likeness (QED) is 0.760. The molecule has 7 heteroatoms. The third kappa shape index (κ3) is 5.38. The molecule has 2 aromatic rings. The minimum atomic E-state index is -0.358. The number of methoxy groups -OCH3 is 1. The van der Waals surface area contributed by atoms with Crippen LogP contribution in [0.1, 0.15) is 18.1 Å². The van der Waals surface area contributed by atoms with E-state index in [-0.39, 0.29) is 23.6 Å². The Morgan fingerprint density at radius 1 is 1.21 bits per heavy atom. The van der Waals surface area contributed by atoms with Crippen molar-refractivity contribution < 1.29 is 14.3 Å². The molecule has 0 spiro atoms. The second kappa shape index (κ2) is 9.60. The highest BCUT2D eigenvalue weighted by atomic mass is 32.2. The minimum Gasteiger partial charge on any atom is -0.497 e. The van der Waals surface area contributed by atoms with E-state index in [2.05, 4.69) is 10.3 Å². The number of anilines is 1. The maximum Gasteiger partial charge on any atom is 0.254 e. The van der Waals surface area contributed by atoms with Gasteiger partial charge < -0.3 is 10.1 Å². The van der Waals surface area contributed by atoms with Gasteiger partial charge in [0.1, 0.15) is 12.3 Å². The van der Waals surface area contributed by atoms with Crippen LogP contribution in [0, 0.1) is 6.92 Å². The average Bonchev–Trinajstić information content (AvgIpc) is 3.09. The summed E-state index contributed by atoms with van der Waals surface area (Å²) in [5, 5.41) is 3.17. The Balaban J connectivity index is 1.52. The Bertz CT molecular complexity index is 895. The number of aliphatic imine (C=N–C) groups is 1. The largest absolute Gasteiger partial charge is 0.497 e. The number of aryl methyl sites for hydroxylation is 1. The smallest absolute Gasteiger partial charge is 0.254 e. The van der Waals surface area contributed by atoms with E-state index < -0.39 is 0 Å². The van der Waals surface area contributed by atoms with Gasteiger partial charge in [-0.1, -0.05) is 41.6 Å². The van der Waals surface area contributed by atoms with E-state index in [1.807, 2.05) is 62.4 Å². The number of hydrogen-bond donors (Lipinski definition) is 1. The van der Waals surface area contributed by atoms with E-state index in [0.717, 1.165) is 29.0 Å². The Hall–Kier alpha value is -2.80. The lowest BCUT2D eigenvalue weighted by atomic mass is 10.1. The maximum absolute atomic E-state index is 12.5. The van der Waals surface area contributed by atoms with E-state index in [9.17, 15) is 9.59 Å². The molecule has 2 amide bonds. The van der Waals surface area contributed by atoms with Crippen LogP contribution in [0.5, 0.6) is 5.75 Å². The van der Waals surface area contributed by atoms with Crippen molar-refractivity contribution >= 4 is 34.4 Å². The van der Waals surface area contributed by atoms with Crippen molar-refractivity contribution in [2.24, 2.45) is 4.99 Å². The molecule has 1 heterocycles. The molecule has 29 heavy (non-hydrogen) atoms. The van der Waals surface area contributed by atoms with Crippen molar-refractivity contribution in [3.05, 3.63) is 59.7 Å². The summed E-state index contributed by atoms with van der Waals surface area (Å²) in [6.45, 7) is 4.48. The van der Waals surface area contributed by atoms with Crippen LogP contribution < -0.4 is 15.0 Å². The van der Waals surface area contributed by atoms with Gasteiger partial charge in [0.25, 0.3) is 5.91 Å². The summed E-state index contributed by atoms with van der Waals surface area (Å²) in [5.74, 6) is 0.658. The van der Waals surface area contributed by atoms with Crippen LogP contribution in [0.25, 0.3) is 0 Å². The molecule has 152 valence electrons. The fraction of sp³-hybridized carbons (Fsp3) is 0.318. The molecule has 3 rings (SSSR count). The van der Waals surface area contributed by atoms with Gasteiger partial charge in [0.2, 0.25) is 5.91 Å². The lowest BCUT2D eigenvalue weighted by Crippen LogP contribution is -2.36. The van der Waals surface area contributed by atoms with Crippen molar-refractivity contribution in [2.45, 2.75) is 25.5 Å². The zero-order valence-electron chi connectivity index (χ0n) is 16.8. The van der Waals surface area contributed by atoms with Gasteiger partial charge in [-0.25, -0.2) is 0 Å². The van der Waals surface area contributed by atoms with E-state index in [0.29, 0.717) is 11.7 Å². The molecule has 0 aromatic heterocycles. The van der Waals surface area contributed by atoms with Crippen molar-refractivity contribution in [2.75, 3.05) is 25.1 Å². The normalized spacial score (nSPS) is 14.5. The predicted octanol–water partition coefficient (Wildman–Crippen LogP) is 3.19. The van der Waals surface area contributed by atoms with Gasteiger partial charge in [0.05, 0.1) is 18.0 Å². The van der Waals surface area contributed by atoms with E-state index in [4.69, 9.17) is 4.74 Å². The number of hydrogen-bond acceptors (Lipinski definition) is 5. The van der Waals surface area contributed by atoms with Crippen molar-refractivity contribution in [1.29, 1.82) is 0 Å². The Labute approximate surface area is 175 Å². The molecule has 1 aliphatic heterocycles. The summed E-state index contributed by atoms with van der Waals surface area (Å²) < 4.78 is 5.15. The number of nitrogens with zero attached hydrogens (tertiary/aromatic N) is 2. The third-order valence-electron chi connectivity index (χ3n) is 4.61. The number of nitrogens with one attached hydrogen (secondary N) is 1. The molecule has 1 aliphatic rings. The number of rotatable bonds is 7. The SMILES string of the molecule is COc1ccc(CCNC(=O)[C@H](C)SC2=NCC(=O)N2c2ccc(C)cc2)cc1. The summed E-state index contributed by atoms with van der Waals surface area (Å²) in [6.07, 6.45) is 0.738. The predicted molar refractivity (Wildman–Crippen MR) is 118 cm³/mol. The summed E-state index contributed by atoms with van der Waals surface area (Å²) in [6, 6.07) is 15.5. The molecule has 0 radical (unpaired) electrons. The van der Waals surface area contributed by atoms with Crippen LogP contribution in [-0.2, 0) is 16.0 Å². The summed E-state index contributed by atoms with van der Waals surface area (Å²) in [4.78, 5) is 30.7. The van der Waals surface area contributed by atoms with Crippen molar-refractivity contribution in [1.82, 2.24) is 5.32 Å². The zero-order chi connectivity index (χ0) is 20.8. The lowest BCUT2D eigenvalue weighted by molar-refractivity contribution is -0.120. The summed E-state index contributed by atoms with van der Waals surface area (Å²) >= 11 is 1.30. The Morgan fingerprint density at radius 3 is 2.55 bits per heavy atom. The van der Waals surface area contributed by atoms with Crippen LogP contribution >= 0.6 is 11.8 Å². The fourth-order valence-electron chi connectivity index (χ4n) is 2.90. The maximum atomic E-state index is 12.5. The molecule has 1 atom stereocenters. The van der Waals surface area contributed by atoms with Gasteiger partial charge in [-0.3, -0.25) is 19.5 Å². The molecular weight excluding hydrogens is 386 g/mol. The lowest BCUT2D eigenvalue weighted by Gasteiger charge is -2.20. The van der Waals surface area contributed by atoms with Gasteiger partial charge in [-0.05, 0) is 50.1 Å². The van der Waals surface area contributed by atoms with Crippen LogP contribution in [0.3, 0.4) is 0 Å². The Morgan fingerprint density at radius 2 is 1.90 bits per heavy atom. The third-order valence-corrected chi connectivity index (χ3v) is 5.70. The standard InChI is InChI=1S/C22H25N3O3S/c1-15-4-8-18(9-5-15)25-20(26)14-24-22(25)29-16(2)21(27)23-13-12-17-6-10-19(28-3)11-7-17/h4-11,16H,12-14H2,1-3H3,(H,23,27)/t16-/m0/s1. The number of amides is 2. The van der Waals surface area contributed by atoms with Gasteiger partial charge in [-0.2, -0.15) is 0 Å². The summed E-state index contributed by atoms with van der Waals surface area (Å²) in [5.41, 5.74) is 3.02. The molecule has 1 N–H and O–H groups in total. The van der Waals surface area contributed by atoms with E-state index in [1.165, 1.54) is 11.8 Å². The van der Waals surface area contributed by atoms with Crippen LogP contribution in [0.2, 0.25) is 0 Å². The van der Waals surface area contributed by atoms with E-state index in [1.54, 1.807) is 12.0 Å². The second-order valence-corrected chi connectivity index (χ2v) is 8.12. The average molecular weight is 412 g/mol. The number of ether oxygens (including phenoxy) is 1. The molecule has 0 saturated heterocycles. The zero-order valence-corrected chi connectivity index (χ0v) is 17.7. The number of carbonyl (C=O) groups excluding carboxylic acids is 2. The minimum absolute atomic E-state index is 0.0746. The van der Waals surface area contributed by atoms with Crippen molar-refractivity contribution in [3.8, 4) is 5.75 Å². The molecule has 0 saturated carbocycles. The number of benzene rings is 2. The topological polar surface area (TPSA) is 71.0 Å². The van der Waals surface area contributed by atoms with Crippen LogP contribution in [0.15, 0.2) is 53.5 Å². The monoisotopic (exact) mass is 411 g/mol. The first-order valence-electron chi connectivity index (χ1n) is 9.49. The van der Waals surface area contributed by atoms with E-state index >= 15 is 0 Å². The highest BCUT2D eigenvalue weighted by Crippen LogP contribution is 2.26. The Kier molecular flexibility index (Phi) is 6.93. The second-order valence-electron chi connectivity index (χ2n) is 6.81. The molecular formula is C22H25N3O3S. The van der Waals surface area contributed by atoms with Crippen LogP contribution in [0.4, 0.5) is 5.69 Å². The van der Waals surface area contributed by atoms with Crippen molar-refractivity contribution in [3.63, 3.8) is 0 Å². The molecule has 6 nitrogen and oxygen atoms in total. The van der Waals surface area contributed by atoms with Gasteiger partial charge in [0, 0.05) is 6.54 Å². The highest BCUT2D eigenvalue weighted by Gasteiger charge is 2.30. The van der Waals surface area contributed by atoms with Crippen LogP contribution in [-0.4, -0.2) is 42.4 Å². The number of amidine groups is 1. The fourth-order valence-corrected chi connectivity index (χ4v) is 3.86. The number of thioether (sulfide) groups is 1. The molecule has 0 bridgehead atoms. The summed E-state index contributed by atoms with van der Waals surface area (Å²) in [7, 11) is 1.64. The highest BCUT2D eigenvalue weighted by molar-refractivity contribution is 8.15. The van der Waals surface area contributed by atoms with Gasteiger partial charge in [0.15, 0.2) is 5.17 Å². The molecule has 0 fully saturated rings. The molecule has 2 aromatic carbocycles. The first kappa shape index (κ1) is 20.9. The molecule has 0 unspecified atom stereocenters.